The van der Waals surface area contributed by atoms with Gasteiger partial charge >= 0.3 is 0 Å². The minimum absolute atomic E-state index is 0.133. The summed E-state index contributed by atoms with van der Waals surface area (Å²) >= 11 is 0. The molecule has 0 spiro atoms. The molecule has 0 unspecified atom stereocenters. The van der Waals surface area contributed by atoms with Crippen LogP contribution in [0.25, 0.3) is 0 Å². The lowest BCUT2D eigenvalue weighted by Gasteiger charge is -2.40. The van der Waals surface area contributed by atoms with Crippen molar-refractivity contribution in [1.82, 2.24) is 25.1 Å². The highest BCUT2D eigenvalue weighted by molar-refractivity contribution is 5.46. The highest BCUT2D eigenvalue weighted by Gasteiger charge is 2.33. The second-order valence-electron chi connectivity index (χ2n) is 8.37. The molecule has 1 aliphatic heterocycles. The van der Waals surface area contributed by atoms with E-state index in [0.29, 0.717) is 6.04 Å². The molecule has 0 amide bonds. The van der Waals surface area contributed by atoms with Crippen LogP contribution in [0.2, 0.25) is 0 Å². The van der Waals surface area contributed by atoms with Crippen LogP contribution < -0.4 is 4.90 Å². The predicted octanol–water partition coefficient (Wildman–Crippen LogP) is 3.98. The van der Waals surface area contributed by atoms with Gasteiger partial charge in [-0.05, 0) is 65.2 Å². The van der Waals surface area contributed by atoms with Crippen LogP contribution in [0.4, 0.5) is 14.5 Å². The zero-order chi connectivity index (χ0) is 21.2. The molecule has 31 heavy (non-hydrogen) atoms. The van der Waals surface area contributed by atoms with E-state index < -0.39 is 0 Å². The normalized spacial score (nSPS) is 19.1. The van der Waals surface area contributed by atoms with Crippen molar-refractivity contribution < 1.29 is 8.78 Å². The molecule has 0 N–H and O–H groups in total. The highest BCUT2D eigenvalue weighted by Crippen LogP contribution is 2.34. The fourth-order valence-corrected chi connectivity index (χ4v) is 4.85. The third-order valence-corrected chi connectivity index (χ3v) is 6.49. The predicted molar refractivity (Wildman–Crippen MR) is 114 cm³/mol. The smallest absolute Gasteiger partial charge is 0.173 e. The van der Waals surface area contributed by atoms with E-state index >= 15 is 0 Å². The van der Waals surface area contributed by atoms with Gasteiger partial charge in [-0.3, -0.25) is 4.90 Å². The van der Waals surface area contributed by atoms with Crippen molar-refractivity contribution in [3.8, 4) is 0 Å². The van der Waals surface area contributed by atoms with Crippen molar-refractivity contribution in [2.24, 2.45) is 0 Å². The quantitative estimate of drug-likeness (QED) is 0.620. The van der Waals surface area contributed by atoms with Crippen molar-refractivity contribution in [1.29, 1.82) is 0 Å². The summed E-state index contributed by atoms with van der Waals surface area (Å²) in [7, 11) is 0. The zero-order valence-electron chi connectivity index (χ0n) is 17.4. The fourth-order valence-electron chi connectivity index (χ4n) is 4.85. The first-order chi connectivity index (χ1) is 15.2. The Balaban J connectivity index is 1.41. The Kier molecular flexibility index (Phi) is 5.63. The SMILES string of the molecule is Fc1ccc([C@@H](c2nnnn2C2CCCC2)N2CCN(c3ccc(F)cc3)CC2)cc1. The molecule has 1 aliphatic carbocycles. The fraction of sp³-hybridized carbons (Fsp3) is 0.435. The number of rotatable bonds is 5. The molecule has 3 aromatic rings. The average molecular weight is 424 g/mol. The Labute approximate surface area is 180 Å². The van der Waals surface area contributed by atoms with Gasteiger partial charge in [0, 0.05) is 31.9 Å². The molecule has 1 atom stereocenters. The number of aromatic nitrogens is 4. The Morgan fingerprint density at radius 3 is 2.06 bits per heavy atom. The van der Waals surface area contributed by atoms with Crippen LogP contribution in [0.3, 0.4) is 0 Å². The van der Waals surface area contributed by atoms with Crippen LogP contribution in [0.1, 0.15) is 49.2 Å². The minimum Gasteiger partial charge on any atom is -0.369 e. The summed E-state index contributed by atoms with van der Waals surface area (Å²) in [5.74, 6) is 0.352. The van der Waals surface area contributed by atoms with Crippen molar-refractivity contribution in [2.75, 3.05) is 31.1 Å². The zero-order valence-corrected chi connectivity index (χ0v) is 17.4. The number of nitrogens with zero attached hydrogens (tertiary/aromatic N) is 6. The van der Waals surface area contributed by atoms with Crippen molar-refractivity contribution >= 4 is 5.69 Å². The lowest BCUT2D eigenvalue weighted by Crippen LogP contribution is -2.48. The molecule has 2 fully saturated rings. The highest BCUT2D eigenvalue weighted by atomic mass is 19.1. The van der Waals surface area contributed by atoms with E-state index in [2.05, 4.69) is 25.3 Å². The van der Waals surface area contributed by atoms with Gasteiger partial charge in [-0.1, -0.05) is 25.0 Å². The number of benzene rings is 2. The number of hydrogen-bond acceptors (Lipinski definition) is 5. The topological polar surface area (TPSA) is 50.1 Å². The van der Waals surface area contributed by atoms with Gasteiger partial charge in [0.25, 0.3) is 0 Å². The van der Waals surface area contributed by atoms with E-state index in [1.165, 1.54) is 37.1 Å². The molecule has 0 bridgehead atoms. The van der Waals surface area contributed by atoms with E-state index in [0.717, 1.165) is 56.1 Å². The van der Waals surface area contributed by atoms with E-state index in [1.54, 1.807) is 0 Å². The lowest BCUT2D eigenvalue weighted by atomic mass is 10.0. The molecule has 6 nitrogen and oxygen atoms in total. The van der Waals surface area contributed by atoms with Crippen LogP contribution >= 0.6 is 0 Å². The Bertz CT molecular complexity index is 990. The number of piperazine rings is 1. The van der Waals surface area contributed by atoms with E-state index in [4.69, 9.17) is 0 Å². The van der Waals surface area contributed by atoms with E-state index in [1.807, 2.05) is 28.9 Å². The molecule has 162 valence electrons. The van der Waals surface area contributed by atoms with Crippen LogP contribution in [0.5, 0.6) is 0 Å². The first kappa shape index (κ1) is 20.1. The van der Waals surface area contributed by atoms with Gasteiger partial charge in [0.15, 0.2) is 5.82 Å². The molecule has 2 heterocycles. The molecule has 2 aliphatic rings. The summed E-state index contributed by atoms with van der Waals surface area (Å²) < 4.78 is 28.9. The lowest BCUT2D eigenvalue weighted by molar-refractivity contribution is 0.197. The summed E-state index contributed by atoms with van der Waals surface area (Å²) in [6.07, 6.45) is 4.57. The molecule has 1 saturated heterocycles. The number of hydrogen-bond donors (Lipinski definition) is 0. The third kappa shape index (κ3) is 4.17. The van der Waals surface area contributed by atoms with E-state index in [9.17, 15) is 8.78 Å². The molecule has 5 rings (SSSR count). The maximum Gasteiger partial charge on any atom is 0.173 e. The van der Waals surface area contributed by atoms with Gasteiger partial charge < -0.3 is 4.90 Å². The summed E-state index contributed by atoms with van der Waals surface area (Å²) in [5.41, 5.74) is 2.01. The summed E-state index contributed by atoms with van der Waals surface area (Å²) in [6.45, 7) is 3.23. The van der Waals surface area contributed by atoms with Crippen LogP contribution in [0, 0.1) is 11.6 Å². The monoisotopic (exact) mass is 424 g/mol. The second-order valence-corrected chi connectivity index (χ2v) is 8.37. The first-order valence-corrected chi connectivity index (χ1v) is 11.0. The van der Waals surface area contributed by atoms with Gasteiger partial charge in [-0.2, -0.15) is 0 Å². The Morgan fingerprint density at radius 2 is 1.42 bits per heavy atom. The third-order valence-electron chi connectivity index (χ3n) is 6.49. The van der Waals surface area contributed by atoms with Crippen molar-refractivity contribution in [2.45, 2.75) is 37.8 Å². The van der Waals surface area contributed by atoms with Gasteiger partial charge in [0.05, 0.1) is 12.1 Å². The number of halogens is 2. The molecular weight excluding hydrogens is 398 g/mol. The molecule has 1 aromatic heterocycles. The maximum atomic E-state index is 13.6. The van der Waals surface area contributed by atoms with Gasteiger partial charge in [-0.25, -0.2) is 13.5 Å². The molecule has 1 saturated carbocycles. The second kappa shape index (κ2) is 8.70. The molecule has 0 radical (unpaired) electrons. The standard InChI is InChI=1S/C23H26F2N6/c24-18-7-5-17(6-8-18)22(23-26-27-28-31(23)21-3-1-2-4-21)30-15-13-29(14-16-30)20-11-9-19(25)10-12-20/h5-12,21-22H,1-4,13-16H2/t22-/m0/s1. The van der Waals surface area contributed by atoms with Crippen LogP contribution in [-0.4, -0.2) is 51.3 Å². The average Bonchev–Trinajstić information content (AvgIpc) is 3.48. The summed E-state index contributed by atoms with van der Waals surface area (Å²) in [6, 6.07) is 13.5. The van der Waals surface area contributed by atoms with Crippen molar-refractivity contribution in [3.05, 3.63) is 71.6 Å². The molecule has 8 heteroatoms. The largest absolute Gasteiger partial charge is 0.369 e. The van der Waals surface area contributed by atoms with Gasteiger partial charge in [0.2, 0.25) is 0 Å². The van der Waals surface area contributed by atoms with E-state index in [-0.39, 0.29) is 17.7 Å². The Morgan fingerprint density at radius 1 is 0.806 bits per heavy atom. The number of anilines is 1. The summed E-state index contributed by atoms with van der Waals surface area (Å²) in [4.78, 5) is 4.63. The molecular formula is C23H26F2N6. The van der Waals surface area contributed by atoms with Crippen LogP contribution in [-0.2, 0) is 0 Å². The maximum absolute atomic E-state index is 13.6. The van der Waals surface area contributed by atoms with Crippen molar-refractivity contribution in [3.63, 3.8) is 0 Å². The Hall–Kier alpha value is -2.87. The van der Waals surface area contributed by atoms with Crippen LogP contribution in [0.15, 0.2) is 48.5 Å². The van der Waals surface area contributed by atoms with Gasteiger partial charge in [0.1, 0.15) is 11.6 Å². The number of tetrazole rings is 1. The minimum atomic E-state index is -0.251. The summed E-state index contributed by atoms with van der Waals surface area (Å²) in [5, 5.41) is 12.8. The molecule has 2 aromatic carbocycles. The van der Waals surface area contributed by atoms with Gasteiger partial charge in [-0.15, -0.1) is 5.10 Å². The first-order valence-electron chi connectivity index (χ1n) is 11.0.